The van der Waals surface area contributed by atoms with E-state index in [4.69, 9.17) is 5.11 Å². The Bertz CT molecular complexity index is 1250. The molecule has 1 heterocycles. The fourth-order valence-corrected chi connectivity index (χ4v) is 4.93. The van der Waals surface area contributed by atoms with Gasteiger partial charge in [0.05, 0.1) is 5.56 Å². The predicted octanol–water partition coefficient (Wildman–Crippen LogP) is 7.22. The summed E-state index contributed by atoms with van der Waals surface area (Å²) in [6.45, 7) is 8.92. The largest absolute Gasteiger partial charge is 0.478 e. The number of aromatic carboxylic acids is 1. The van der Waals surface area contributed by atoms with Gasteiger partial charge < -0.3 is 5.11 Å². The summed E-state index contributed by atoms with van der Waals surface area (Å²) in [6, 6.07) is 21.9. The summed E-state index contributed by atoms with van der Waals surface area (Å²) >= 11 is 1.87. The molecule has 160 valence electrons. The Morgan fingerprint density at radius 3 is 2.16 bits per heavy atom. The Balaban J connectivity index is 1.70. The molecular weight excluding hydrogens is 412 g/mol. The third-order valence-electron chi connectivity index (χ3n) is 5.51. The van der Waals surface area contributed by atoms with Crippen LogP contribution in [0.2, 0.25) is 0 Å². The van der Waals surface area contributed by atoms with Crippen molar-refractivity contribution < 1.29 is 9.90 Å². The second kappa shape index (κ2) is 8.73. The van der Waals surface area contributed by atoms with Crippen LogP contribution in [0.15, 0.2) is 77.7 Å². The first-order valence-electron chi connectivity index (χ1n) is 10.7. The van der Waals surface area contributed by atoms with Crippen LogP contribution < -0.4 is 0 Å². The molecule has 0 saturated heterocycles. The molecule has 3 aromatic carbocycles. The van der Waals surface area contributed by atoms with Crippen LogP contribution >= 0.6 is 11.8 Å². The summed E-state index contributed by atoms with van der Waals surface area (Å²) in [4.78, 5) is 12.3. The van der Waals surface area contributed by atoms with Crippen molar-refractivity contribution in [2.24, 2.45) is 0 Å². The highest BCUT2D eigenvalue weighted by atomic mass is 32.2. The van der Waals surface area contributed by atoms with Gasteiger partial charge in [-0.2, -0.15) is 0 Å². The summed E-state index contributed by atoms with van der Waals surface area (Å²) < 4.78 is 0.0120. The second-order valence-corrected chi connectivity index (χ2v) is 10.6. The molecule has 1 aliphatic heterocycles. The standard InChI is InChI=1S/C29H26O2S/c1-19(2)22-12-14-23(15-13-22)26-18-29(3,4)32-27-16-9-21(17-25(26)27)6-5-20-7-10-24(11-8-20)28(30)31/h7-19H,1-4H3,(H,30,31). The lowest BCUT2D eigenvalue weighted by Crippen LogP contribution is -2.16. The van der Waals surface area contributed by atoms with E-state index in [0.717, 1.165) is 11.1 Å². The fourth-order valence-electron chi connectivity index (χ4n) is 3.77. The number of hydrogen-bond donors (Lipinski definition) is 1. The molecule has 0 bridgehead atoms. The van der Waals surface area contributed by atoms with Gasteiger partial charge in [-0.1, -0.05) is 56.0 Å². The first kappa shape index (κ1) is 22.0. The van der Waals surface area contributed by atoms with Gasteiger partial charge in [-0.25, -0.2) is 4.79 Å². The number of carboxylic acid groups (broad SMARTS) is 1. The molecule has 3 heteroatoms. The normalized spacial score (nSPS) is 14.2. The molecule has 0 spiro atoms. The summed E-state index contributed by atoms with van der Waals surface area (Å²) in [5.74, 6) is 5.98. The van der Waals surface area contributed by atoms with Crippen LogP contribution in [-0.4, -0.2) is 15.8 Å². The topological polar surface area (TPSA) is 37.3 Å². The average molecular weight is 439 g/mol. The van der Waals surface area contributed by atoms with E-state index in [9.17, 15) is 4.79 Å². The van der Waals surface area contributed by atoms with Crippen molar-refractivity contribution in [1.82, 2.24) is 0 Å². The Labute approximate surface area is 194 Å². The van der Waals surface area contributed by atoms with Gasteiger partial charge in [-0.3, -0.25) is 0 Å². The van der Waals surface area contributed by atoms with Gasteiger partial charge in [0.15, 0.2) is 0 Å². The molecule has 0 aromatic heterocycles. The van der Waals surface area contributed by atoms with E-state index in [1.807, 2.05) is 11.8 Å². The maximum absolute atomic E-state index is 11.0. The second-order valence-electron chi connectivity index (χ2n) is 8.88. The molecule has 0 aliphatic carbocycles. The summed E-state index contributed by atoms with van der Waals surface area (Å²) in [5.41, 5.74) is 7.01. The quantitative estimate of drug-likeness (QED) is 0.439. The number of hydrogen-bond acceptors (Lipinski definition) is 2. The minimum atomic E-state index is -0.930. The highest BCUT2D eigenvalue weighted by Crippen LogP contribution is 2.46. The number of rotatable bonds is 3. The van der Waals surface area contributed by atoms with E-state index in [1.165, 1.54) is 27.2 Å². The molecule has 0 fully saturated rings. The SMILES string of the molecule is CC(C)c1ccc(C2=CC(C)(C)Sc3ccc(C#Cc4ccc(C(=O)O)cc4)cc32)cc1. The van der Waals surface area contributed by atoms with Crippen molar-refractivity contribution in [3.05, 3.63) is 106 Å². The van der Waals surface area contributed by atoms with Crippen molar-refractivity contribution in [2.45, 2.75) is 43.3 Å². The molecule has 1 N–H and O–H groups in total. The van der Waals surface area contributed by atoms with Crippen LogP contribution in [0.4, 0.5) is 0 Å². The lowest BCUT2D eigenvalue weighted by Gasteiger charge is -2.29. The molecule has 32 heavy (non-hydrogen) atoms. The van der Waals surface area contributed by atoms with Gasteiger partial charge in [0.2, 0.25) is 0 Å². The van der Waals surface area contributed by atoms with Crippen LogP contribution in [-0.2, 0) is 0 Å². The van der Waals surface area contributed by atoms with E-state index in [2.05, 4.69) is 88.1 Å². The van der Waals surface area contributed by atoms with Crippen molar-refractivity contribution in [3.63, 3.8) is 0 Å². The summed E-state index contributed by atoms with van der Waals surface area (Å²) in [5, 5.41) is 9.05. The fraction of sp³-hybridized carbons (Fsp3) is 0.207. The number of thioether (sulfide) groups is 1. The molecule has 0 amide bonds. The van der Waals surface area contributed by atoms with Gasteiger partial charge >= 0.3 is 5.97 Å². The van der Waals surface area contributed by atoms with Crippen molar-refractivity contribution in [3.8, 4) is 11.8 Å². The van der Waals surface area contributed by atoms with Gasteiger partial charge in [0, 0.05) is 20.8 Å². The molecule has 1 aliphatic rings. The lowest BCUT2D eigenvalue weighted by atomic mass is 9.91. The van der Waals surface area contributed by atoms with Crippen LogP contribution in [0.5, 0.6) is 0 Å². The van der Waals surface area contributed by atoms with Gasteiger partial charge in [-0.05, 0) is 84.5 Å². The van der Waals surface area contributed by atoms with Crippen LogP contribution in [0.25, 0.3) is 5.57 Å². The van der Waals surface area contributed by atoms with E-state index >= 15 is 0 Å². The van der Waals surface area contributed by atoms with Crippen molar-refractivity contribution in [2.75, 3.05) is 0 Å². The number of fused-ring (bicyclic) bond motifs is 1. The lowest BCUT2D eigenvalue weighted by molar-refractivity contribution is 0.0697. The molecule has 0 radical (unpaired) electrons. The molecule has 0 unspecified atom stereocenters. The van der Waals surface area contributed by atoms with Gasteiger partial charge in [-0.15, -0.1) is 11.8 Å². The Kier molecular flexibility index (Phi) is 6.00. The third-order valence-corrected chi connectivity index (χ3v) is 6.73. The van der Waals surface area contributed by atoms with Crippen molar-refractivity contribution in [1.29, 1.82) is 0 Å². The van der Waals surface area contributed by atoms with Crippen LogP contribution in [0, 0.1) is 11.8 Å². The van der Waals surface area contributed by atoms with Gasteiger partial charge in [0.1, 0.15) is 0 Å². The maximum atomic E-state index is 11.0. The molecule has 4 rings (SSSR count). The van der Waals surface area contributed by atoms with Crippen LogP contribution in [0.1, 0.15) is 71.8 Å². The first-order valence-corrected chi connectivity index (χ1v) is 11.6. The molecular formula is C29H26O2S. The minimum Gasteiger partial charge on any atom is -0.478 e. The maximum Gasteiger partial charge on any atom is 0.335 e. The summed E-state index contributed by atoms with van der Waals surface area (Å²) in [7, 11) is 0. The van der Waals surface area contributed by atoms with Crippen LogP contribution in [0.3, 0.4) is 0 Å². The minimum absolute atomic E-state index is 0.0120. The Morgan fingerprint density at radius 2 is 1.53 bits per heavy atom. The zero-order chi connectivity index (χ0) is 22.9. The molecule has 0 atom stereocenters. The molecule has 3 aromatic rings. The zero-order valence-corrected chi connectivity index (χ0v) is 19.6. The monoisotopic (exact) mass is 438 g/mol. The third kappa shape index (κ3) is 4.82. The predicted molar refractivity (Wildman–Crippen MR) is 133 cm³/mol. The molecule has 2 nitrogen and oxygen atoms in total. The van der Waals surface area contributed by atoms with E-state index in [0.29, 0.717) is 5.92 Å². The van der Waals surface area contributed by atoms with E-state index in [1.54, 1.807) is 24.3 Å². The molecule has 0 saturated carbocycles. The first-order chi connectivity index (χ1) is 15.2. The Hall–Kier alpha value is -3.22. The highest BCUT2D eigenvalue weighted by Gasteiger charge is 2.26. The highest BCUT2D eigenvalue weighted by molar-refractivity contribution is 8.01. The van der Waals surface area contributed by atoms with E-state index in [-0.39, 0.29) is 10.3 Å². The summed E-state index contributed by atoms with van der Waals surface area (Å²) in [6.07, 6.45) is 2.35. The zero-order valence-electron chi connectivity index (χ0n) is 18.8. The number of benzene rings is 3. The number of carbonyl (C=O) groups is 1. The average Bonchev–Trinajstić information content (AvgIpc) is 2.77. The Morgan fingerprint density at radius 1 is 0.906 bits per heavy atom. The van der Waals surface area contributed by atoms with Gasteiger partial charge in [0.25, 0.3) is 0 Å². The van der Waals surface area contributed by atoms with Crippen molar-refractivity contribution >= 4 is 23.3 Å². The smallest absolute Gasteiger partial charge is 0.335 e. The number of carboxylic acids is 1. The van der Waals surface area contributed by atoms with E-state index < -0.39 is 5.97 Å².